The van der Waals surface area contributed by atoms with Gasteiger partial charge in [0.1, 0.15) is 24.0 Å². The number of nitriles is 1. The van der Waals surface area contributed by atoms with Crippen LogP contribution in [0, 0.1) is 11.3 Å². The van der Waals surface area contributed by atoms with E-state index in [1.807, 2.05) is 18.2 Å². The molecule has 0 spiro atoms. The summed E-state index contributed by atoms with van der Waals surface area (Å²) in [4.78, 5) is 24.5. The molecule has 1 heterocycles. The zero-order valence-electron chi connectivity index (χ0n) is 15.6. The number of rotatable bonds is 7. The number of ether oxygens (including phenoxy) is 2. The van der Waals surface area contributed by atoms with Crippen LogP contribution < -0.4 is 4.74 Å². The first kappa shape index (κ1) is 20.1. The molecule has 0 amide bonds. The highest BCUT2D eigenvalue weighted by Gasteiger charge is 2.14. The molecule has 0 bridgehead atoms. The molecule has 3 aromatic rings. The third-order valence-electron chi connectivity index (χ3n) is 4.10. The van der Waals surface area contributed by atoms with Gasteiger partial charge >= 0.3 is 5.97 Å². The van der Waals surface area contributed by atoms with E-state index >= 15 is 0 Å². The van der Waals surface area contributed by atoms with Gasteiger partial charge in [-0.2, -0.15) is 5.26 Å². The van der Waals surface area contributed by atoms with Gasteiger partial charge in [-0.1, -0.05) is 36.4 Å². The Morgan fingerprint density at radius 3 is 2.48 bits per heavy atom. The predicted molar refractivity (Wildman–Crippen MR) is 111 cm³/mol. The van der Waals surface area contributed by atoms with Crippen LogP contribution in [0.2, 0.25) is 0 Å². The van der Waals surface area contributed by atoms with Crippen molar-refractivity contribution < 1.29 is 19.1 Å². The first-order chi connectivity index (χ1) is 14.1. The molecule has 0 radical (unpaired) electrons. The average Bonchev–Trinajstić information content (AvgIpc) is 3.31. The summed E-state index contributed by atoms with van der Waals surface area (Å²) < 4.78 is 10.6. The predicted octanol–water partition coefficient (Wildman–Crippen LogP) is 4.90. The molecule has 144 valence electrons. The summed E-state index contributed by atoms with van der Waals surface area (Å²) in [6, 6.07) is 19.6. The minimum Gasteiger partial charge on any atom is -0.488 e. The molecule has 0 saturated heterocycles. The van der Waals surface area contributed by atoms with Crippen molar-refractivity contribution in [3.8, 4) is 11.8 Å². The lowest BCUT2D eigenvalue weighted by Crippen LogP contribution is -2.02. The van der Waals surface area contributed by atoms with E-state index in [0.29, 0.717) is 21.8 Å². The normalized spacial score (nSPS) is 10.8. The minimum absolute atomic E-state index is 0.0472. The van der Waals surface area contributed by atoms with E-state index in [4.69, 9.17) is 4.74 Å². The standard InChI is InChI=1S/C23H17NO4S/c1-27-23(26)17-10-8-16(9-11-17)15-28-20-6-3-2-5-18(20)13-19(14-24)22(25)21-7-4-12-29-21/h2-13H,15H2,1H3/b19-13+. The number of ketones is 1. The Bertz CT molecular complexity index is 1080. The van der Waals surface area contributed by atoms with Gasteiger partial charge < -0.3 is 9.47 Å². The summed E-state index contributed by atoms with van der Waals surface area (Å²) in [6.45, 7) is 0.271. The summed E-state index contributed by atoms with van der Waals surface area (Å²) in [5, 5.41) is 11.2. The topological polar surface area (TPSA) is 76.4 Å². The van der Waals surface area contributed by atoms with Crippen LogP contribution in [0.15, 0.2) is 71.6 Å². The quantitative estimate of drug-likeness (QED) is 0.243. The molecule has 5 nitrogen and oxygen atoms in total. The molecule has 0 aliphatic heterocycles. The van der Waals surface area contributed by atoms with Crippen LogP contribution in [-0.2, 0) is 11.3 Å². The van der Waals surface area contributed by atoms with Crippen molar-refractivity contribution in [3.63, 3.8) is 0 Å². The van der Waals surface area contributed by atoms with Crippen molar-refractivity contribution in [2.75, 3.05) is 7.11 Å². The number of carbonyl (C=O) groups excluding carboxylic acids is 2. The van der Waals surface area contributed by atoms with Gasteiger partial charge in [0.15, 0.2) is 0 Å². The molecule has 0 saturated carbocycles. The van der Waals surface area contributed by atoms with Gasteiger partial charge in [0.25, 0.3) is 0 Å². The SMILES string of the molecule is COC(=O)c1ccc(COc2ccccc2/C=C(\C#N)C(=O)c2cccs2)cc1. The fraction of sp³-hybridized carbons (Fsp3) is 0.0870. The lowest BCUT2D eigenvalue weighted by Gasteiger charge is -2.10. The lowest BCUT2D eigenvalue weighted by atomic mass is 10.1. The van der Waals surface area contributed by atoms with Crippen LogP contribution >= 0.6 is 11.3 Å². The molecule has 6 heteroatoms. The first-order valence-electron chi connectivity index (χ1n) is 8.71. The molecular formula is C23H17NO4S. The highest BCUT2D eigenvalue weighted by Crippen LogP contribution is 2.24. The molecule has 29 heavy (non-hydrogen) atoms. The molecule has 0 unspecified atom stereocenters. The van der Waals surface area contributed by atoms with Crippen molar-refractivity contribution in [3.05, 3.63) is 93.2 Å². The largest absolute Gasteiger partial charge is 0.488 e. The van der Waals surface area contributed by atoms with E-state index in [2.05, 4.69) is 4.74 Å². The monoisotopic (exact) mass is 403 g/mol. The van der Waals surface area contributed by atoms with Crippen molar-refractivity contribution >= 4 is 29.2 Å². The summed E-state index contributed by atoms with van der Waals surface area (Å²) in [7, 11) is 1.34. The molecule has 0 fully saturated rings. The Kier molecular flexibility index (Phi) is 6.56. The smallest absolute Gasteiger partial charge is 0.337 e. The van der Waals surface area contributed by atoms with E-state index in [9.17, 15) is 14.9 Å². The third-order valence-corrected chi connectivity index (χ3v) is 4.97. The summed E-state index contributed by atoms with van der Waals surface area (Å²) in [5.41, 5.74) is 2.02. The number of hydrogen-bond donors (Lipinski definition) is 0. The van der Waals surface area contributed by atoms with Crippen molar-refractivity contribution in [1.29, 1.82) is 5.26 Å². The highest BCUT2D eigenvalue weighted by atomic mass is 32.1. The number of para-hydroxylation sites is 1. The zero-order chi connectivity index (χ0) is 20.6. The molecule has 1 aromatic heterocycles. The maximum atomic E-state index is 12.5. The molecule has 0 N–H and O–H groups in total. The second-order valence-electron chi connectivity index (χ2n) is 5.99. The number of hydrogen-bond acceptors (Lipinski definition) is 6. The van der Waals surface area contributed by atoms with E-state index in [-0.39, 0.29) is 18.0 Å². The van der Waals surface area contributed by atoms with Gasteiger partial charge in [-0.25, -0.2) is 4.79 Å². The fourth-order valence-electron chi connectivity index (χ4n) is 2.59. The van der Waals surface area contributed by atoms with Gasteiger partial charge in [-0.15, -0.1) is 11.3 Å². The Morgan fingerprint density at radius 2 is 1.83 bits per heavy atom. The van der Waals surface area contributed by atoms with Gasteiger partial charge in [0.05, 0.1) is 17.6 Å². The van der Waals surface area contributed by atoms with Crippen LogP contribution in [0.4, 0.5) is 0 Å². The lowest BCUT2D eigenvalue weighted by molar-refractivity contribution is 0.0600. The molecule has 2 aromatic carbocycles. The number of carbonyl (C=O) groups is 2. The Balaban J connectivity index is 1.77. The van der Waals surface area contributed by atoms with Crippen LogP contribution in [0.1, 0.15) is 31.2 Å². The number of methoxy groups -OCH3 is 1. The van der Waals surface area contributed by atoms with E-state index in [0.717, 1.165) is 5.56 Å². The zero-order valence-corrected chi connectivity index (χ0v) is 16.4. The van der Waals surface area contributed by atoms with Crippen LogP contribution in [0.25, 0.3) is 6.08 Å². The highest BCUT2D eigenvalue weighted by molar-refractivity contribution is 7.12. The maximum absolute atomic E-state index is 12.5. The number of thiophene rings is 1. The van der Waals surface area contributed by atoms with Gasteiger partial charge in [0.2, 0.25) is 5.78 Å². The number of benzene rings is 2. The Hall–Kier alpha value is -3.69. The van der Waals surface area contributed by atoms with E-state index < -0.39 is 5.97 Å². The van der Waals surface area contributed by atoms with Crippen molar-refractivity contribution in [1.82, 2.24) is 0 Å². The fourth-order valence-corrected chi connectivity index (χ4v) is 3.27. The van der Waals surface area contributed by atoms with Gasteiger partial charge in [0, 0.05) is 5.56 Å². The summed E-state index contributed by atoms with van der Waals surface area (Å²) in [6.07, 6.45) is 1.54. The van der Waals surface area contributed by atoms with Gasteiger partial charge in [-0.05, 0) is 41.3 Å². The Labute approximate surface area is 172 Å². The summed E-state index contributed by atoms with van der Waals surface area (Å²) >= 11 is 1.30. The molecule has 3 rings (SSSR count). The first-order valence-corrected chi connectivity index (χ1v) is 9.59. The number of allylic oxidation sites excluding steroid dienone is 1. The van der Waals surface area contributed by atoms with Crippen LogP contribution in [-0.4, -0.2) is 18.9 Å². The second kappa shape index (κ2) is 9.49. The molecule has 0 atom stereocenters. The van der Waals surface area contributed by atoms with E-state index in [1.165, 1.54) is 24.5 Å². The van der Waals surface area contributed by atoms with E-state index in [1.54, 1.807) is 53.9 Å². The maximum Gasteiger partial charge on any atom is 0.337 e. The number of esters is 1. The minimum atomic E-state index is -0.396. The molecule has 0 aliphatic rings. The molecule has 0 aliphatic carbocycles. The second-order valence-corrected chi connectivity index (χ2v) is 6.94. The van der Waals surface area contributed by atoms with Crippen molar-refractivity contribution in [2.24, 2.45) is 0 Å². The van der Waals surface area contributed by atoms with Crippen LogP contribution in [0.5, 0.6) is 5.75 Å². The third kappa shape index (κ3) is 4.98. The van der Waals surface area contributed by atoms with Gasteiger partial charge in [-0.3, -0.25) is 4.79 Å². The van der Waals surface area contributed by atoms with Crippen molar-refractivity contribution in [2.45, 2.75) is 6.61 Å². The number of nitrogens with zero attached hydrogens (tertiary/aromatic N) is 1. The molecular weight excluding hydrogens is 386 g/mol. The number of Topliss-reactive ketones (excluding diaryl/α,β-unsaturated/α-hetero) is 1. The average molecular weight is 403 g/mol. The summed E-state index contributed by atoms with van der Waals surface area (Å²) in [5.74, 6) is -0.153. The van der Waals surface area contributed by atoms with Crippen LogP contribution in [0.3, 0.4) is 0 Å². The Morgan fingerprint density at radius 1 is 1.07 bits per heavy atom.